The molecule has 0 aliphatic heterocycles. The van der Waals surface area contributed by atoms with Gasteiger partial charge in [-0.3, -0.25) is 14.2 Å². The van der Waals surface area contributed by atoms with Crippen molar-refractivity contribution < 1.29 is 4.79 Å². The molecule has 3 aromatic rings. The number of carbonyl (C=O) groups is 1. The van der Waals surface area contributed by atoms with Crippen LogP contribution in [0.2, 0.25) is 5.02 Å². The highest BCUT2D eigenvalue weighted by Gasteiger charge is 2.14. The molecule has 24 heavy (non-hydrogen) atoms. The number of rotatable bonds is 4. The molecule has 0 spiro atoms. The maximum absolute atomic E-state index is 12.3. The molecule has 0 atom stereocenters. The number of hydrogen-bond donors (Lipinski definition) is 1. The minimum absolute atomic E-state index is 0.281. The Labute approximate surface area is 144 Å². The molecule has 0 bridgehead atoms. The lowest BCUT2D eigenvalue weighted by Gasteiger charge is -2.05. The predicted octanol–water partition coefficient (Wildman–Crippen LogP) is 2.15. The summed E-state index contributed by atoms with van der Waals surface area (Å²) in [5.74, 6) is -0.281. The zero-order chi connectivity index (χ0) is 17.4. The summed E-state index contributed by atoms with van der Waals surface area (Å²) in [7, 11) is 1.82. The minimum Gasteiger partial charge on any atom is -0.318 e. The molecule has 0 aliphatic carbocycles. The summed E-state index contributed by atoms with van der Waals surface area (Å²) < 4.78 is 5.08. The Morgan fingerprint density at radius 3 is 2.58 bits per heavy atom. The van der Waals surface area contributed by atoms with E-state index in [-0.39, 0.29) is 5.91 Å². The molecule has 0 radical (unpaired) electrons. The van der Waals surface area contributed by atoms with Gasteiger partial charge in [0.2, 0.25) is 0 Å². The first-order chi connectivity index (χ1) is 11.4. The van der Waals surface area contributed by atoms with Crippen LogP contribution in [0.3, 0.4) is 0 Å². The van der Waals surface area contributed by atoms with Gasteiger partial charge in [0.25, 0.3) is 5.91 Å². The van der Waals surface area contributed by atoms with Gasteiger partial charge in [-0.15, -0.1) is 0 Å². The van der Waals surface area contributed by atoms with Gasteiger partial charge in [-0.25, -0.2) is 4.68 Å². The monoisotopic (exact) mass is 347 g/mol. The van der Waals surface area contributed by atoms with Crippen LogP contribution in [-0.4, -0.2) is 35.2 Å². The fourth-order valence-electron chi connectivity index (χ4n) is 2.32. The topological polar surface area (TPSA) is 82.6 Å². The third-order valence-corrected chi connectivity index (χ3v) is 4.48. The summed E-state index contributed by atoms with van der Waals surface area (Å²) in [6.07, 6.45) is 3.34. The van der Waals surface area contributed by atoms with Crippen molar-refractivity contribution in [3.8, 4) is 0 Å². The second-order valence-electron chi connectivity index (χ2n) is 5.59. The Kier molecular flexibility index (Phi) is 4.15. The van der Waals surface area contributed by atoms with Gasteiger partial charge in [0.1, 0.15) is 6.67 Å². The number of carbonyl (C=O) groups excluding carboxylic acids is 1. The summed E-state index contributed by atoms with van der Waals surface area (Å²) in [6, 6.07) is 1.66. The lowest BCUT2D eigenvalue weighted by atomic mass is 10.3. The van der Waals surface area contributed by atoms with E-state index in [1.54, 1.807) is 32.5 Å². The SMILES string of the molecule is Cc1nn(Cn2ccc(C(=O)Nc3cnn(C)c3C)n2)c(C)c1Cl. The second kappa shape index (κ2) is 6.12. The average molecular weight is 348 g/mol. The maximum Gasteiger partial charge on any atom is 0.276 e. The quantitative estimate of drug-likeness (QED) is 0.784. The van der Waals surface area contributed by atoms with E-state index in [2.05, 4.69) is 20.6 Å². The number of aromatic nitrogens is 6. The Morgan fingerprint density at radius 2 is 2.00 bits per heavy atom. The van der Waals surface area contributed by atoms with Crippen molar-refractivity contribution in [3.63, 3.8) is 0 Å². The average Bonchev–Trinajstić information content (AvgIpc) is 3.20. The number of halogens is 1. The molecule has 0 aliphatic rings. The van der Waals surface area contributed by atoms with Crippen LogP contribution in [-0.2, 0) is 13.7 Å². The van der Waals surface area contributed by atoms with E-state index in [1.807, 2.05) is 27.8 Å². The molecular formula is C15H18ClN7O. The van der Waals surface area contributed by atoms with Crippen molar-refractivity contribution in [2.75, 3.05) is 5.32 Å². The van der Waals surface area contributed by atoms with Crippen molar-refractivity contribution in [3.05, 3.63) is 46.3 Å². The van der Waals surface area contributed by atoms with Gasteiger partial charge in [0.15, 0.2) is 5.69 Å². The van der Waals surface area contributed by atoms with Crippen molar-refractivity contribution >= 4 is 23.2 Å². The molecule has 9 heteroatoms. The van der Waals surface area contributed by atoms with Crippen LogP contribution < -0.4 is 5.32 Å². The molecule has 1 N–H and O–H groups in total. The van der Waals surface area contributed by atoms with E-state index in [4.69, 9.17) is 11.6 Å². The normalized spacial score (nSPS) is 11.0. The van der Waals surface area contributed by atoms with Crippen LogP contribution in [0.4, 0.5) is 5.69 Å². The molecular weight excluding hydrogens is 330 g/mol. The fourth-order valence-corrected chi connectivity index (χ4v) is 2.45. The van der Waals surface area contributed by atoms with Crippen molar-refractivity contribution in [2.45, 2.75) is 27.4 Å². The second-order valence-corrected chi connectivity index (χ2v) is 5.97. The van der Waals surface area contributed by atoms with Gasteiger partial charge in [-0.2, -0.15) is 15.3 Å². The Morgan fingerprint density at radius 1 is 1.25 bits per heavy atom. The van der Waals surface area contributed by atoms with E-state index < -0.39 is 0 Å². The van der Waals surface area contributed by atoms with E-state index >= 15 is 0 Å². The van der Waals surface area contributed by atoms with E-state index in [0.717, 1.165) is 17.1 Å². The highest BCUT2D eigenvalue weighted by Crippen LogP contribution is 2.19. The number of anilines is 1. The lowest BCUT2D eigenvalue weighted by Crippen LogP contribution is -2.16. The summed E-state index contributed by atoms with van der Waals surface area (Å²) in [5.41, 5.74) is 3.50. The molecule has 0 saturated carbocycles. The van der Waals surface area contributed by atoms with Gasteiger partial charge in [-0.1, -0.05) is 11.6 Å². The summed E-state index contributed by atoms with van der Waals surface area (Å²) in [5, 5.41) is 16.2. The standard InChI is InChI=1S/C15H18ClN7O/c1-9-14(16)11(3)23(19-9)8-22-6-5-12(20-22)15(24)18-13-7-17-21(4)10(13)2/h5-7H,8H2,1-4H3,(H,18,24). The van der Waals surface area contributed by atoms with Crippen LogP contribution in [0.15, 0.2) is 18.5 Å². The Bertz CT molecular complexity index is 905. The molecule has 3 rings (SSSR count). The number of nitrogens with one attached hydrogen (secondary N) is 1. The van der Waals surface area contributed by atoms with Crippen molar-refractivity contribution in [2.24, 2.45) is 7.05 Å². The van der Waals surface area contributed by atoms with Crippen LogP contribution >= 0.6 is 11.6 Å². The third kappa shape index (κ3) is 2.92. The molecule has 3 aromatic heterocycles. The molecule has 0 saturated heterocycles. The first kappa shape index (κ1) is 16.3. The molecule has 0 unspecified atom stereocenters. The maximum atomic E-state index is 12.3. The van der Waals surface area contributed by atoms with E-state index in [1.165, 1.54) is 0 Å². The van der Waals surface area contributed by atoms with Crippen molar-refractivity contribution in [1.82, 2.24) is 29.3 Å². The summed E-state index contributed by atoms with van der Waals surface area (Å²) in [6.45, 7) is 6.01. The third-order valence-electron chi connectivity index (χ3n) is 3.93. The fraction of sp³-hybridized carbons (Fsp3) is 0.333. The Balaban J connectivity index is 1.74. The number of hydrogen-bond acceptors (Lipinski definition) is 4. The lowest BCUT2D eigenvalue weighted by molar-refractivity contribution is 0.102. The highest BCUT2D eigenvalue weighted by atomic mass is 35.5. The zero-order valence-corrected chi connectivity index (χ0v) is 14.7. The van der Waals surface area contributed by atoms with Gasteiger partial charge in [-0.05, 0) is 26.8 Å². The van der Waals surface area contributed by atoms with Gasteiger partial charge in [0.05, 0.1) is 34.0 Å². The molecule has 1 amide bonds. The van der Waals surface area contributed by atoms with Crippen molar-refractivity contribution in [1.29, 1.82) is 0 Å². The van der Waals surface area contributed by atoms with Crippen LogP contribution in [0, 0.1) is 20.8 Å². The van der Waals surface area contributed by atoms with E-state index in [9.17, 15) is 4.79 Å². The summed E-state index contributed by atoms with van der Waals surface area (Å²) in [4.78, 5) is 12.3. The first-order valence-corrected chi connectivity index (χ1v) is 7.77. The summed E-state index contributed by atoms with van der Waals surface area (Å²) >= 11 is 6.14. The molecule has 0 fully saturated rings. The number of aryl methyl sites for hydroxylation is 2. The zero-order valence-electron chi connectivity index (χ0n) is 13.9. The highest BCUT2D eigenvalue weighted by molar-refractivity contribution is 6.31. The smallest absolute Gasteiger partial charge is 0.276 e. The minimum atomic E-state index is -0.281. The number of amides is 1. The molecule has 0 aromatic carbocycles. The van der Waals surface area contributed by atoms with Gasteiger partial charge in [0, 0.05) is 13.2 Å². The van der Waals surface area contributed by atoms with Gasteiger partial charge < -0.3 is 5.32 Å². The predicted molar refractivity (Wildman–Crippen MR) is 90.2 cm³/mol. The largest absolute Gasteiger partial charge is 0.318 e. The van der Waals surface area contributed by atoms with Crippen LogP contribution in [0.5, 0.6) is 0 Å². The molecule has 3 heterocycles. The van der Waals surface area contributed by atoms with Crippen LogP contribution in [0.25, 0.3) is 0 Å². The van der Waals surface area contributed by atoms with Gasteiger partial charge >= 0.3 is 0 Å². The molecule has 8 nitrogen and oxygen atoms in total. The Hall–Kier alpha value is -2.61. The molecule has 126 valence electrons. The first-order valence-electron chi connectivity index (χ1n) is 7.39. The van der Waals surface area contributed by atoms with Crippen LogP contribution in [0.1, 0.15) is 27.6 Å². The number of nitrogens with zero attached hydrogens (tertiary/aromatic N) is 6. The van der Waals surface area contributed by atoms with E-state index in [0.29, 0.717) is 23.1 Å².